The minimum Gasteiger partial charge on any atom is -0.343 e. The number of rotatable bonds is 24. The molecular formula is C63H68F2N10O8. The Bertz CT molecular complexity index is 3090. The molecule has 0 aliphatic carbocycles. The van der Waals surface area contributed by atoms with Gasteiger partial charge in [-0.05, 0) is 167 Å². The average molecular weight is 1130 g/mol. The van der Waals surface area contributed by atoms with Gasteiger partial charge in [0.1, 0.15) is 23.7 Å². The Morgan fingerprint density at radius 1 is 0.518 bits per heavy atom. The number of halogens is 2. The molecule has 2 aromatic heterocycles. The third kappa shape index (κ3) is 15.8. The summed E-state index contributed by atoms with van der Waals surface area (Å²) in [6.45, 7) is 4.22. The van der Waals surface area contributed by atoms with Crippen LogP contribution in [-0.4, -0.2) is 118 Å². The van der Waals surface area contributed by atoms with Gasteiger partial charge in [0.2, 0.25) is 35.4 Å². The Morgan fingerprint density at radius 2 is 0.892 bits per heavy atom. The van der Waals surface area contributed by atoms with Gasteiger partial charge in [-0.2, -0.15) is 0 Å². The van der Waals surface area contributed by atoms with Gasteiger partial charge in [-0.15, -0.1) is 0 Å². The zero-order valence-corrected chi connectivity index (χ0v) is 46.8. The molecule has 0 unspecified atom stereocenters. The van der Waals surface area contributed by atoms with E-state index in [4.69, 9.17) is 0 Å². The minimum atomic E-state index is -0.948. The molecule has 432 valence electrons. The number of nitrogens with one attached hydrogen (secondary N) is 6. The fourth-order valence-electron chi connectivity index (χ4n) is 10.3. The van der Waals surface area contributed by atoms with Crippen molar-refractivity contribution in [3.63, 3.8) is 0 Å². The molecule has 4 aromatic carbocycles. The van der Waals surface area contributed by atoms with Crippen molar-refractivity contribution in [2.75, 3.05) is 37.8 Å². The first-order chi connectivity index (χ1) is 40.0. The van der Waals surface area contributed by atoms with Crippen LogP contribution in [0.4, 0.5) is 20.2 Å². The number of pyridine rings is 2. The number of aromatic nitrogens is 2. The van der Waals surface area contributed by atoms with Crippen LogP contribution in [0.3, 0.4) is 0 Å². The number of nitrogens with zero attached hydrogens (tertiary/aromatic N) is 4. The maximum Gasteiger partial charge on any atom is 0.246 e. The zero-order valence-electron chi connectivity index (χ0n) is 46.8. The summed E-state index contributed by atoms with van der Waals surface area (Å²) in [6, 6.07) is 23.9. The standard InChI is InChI=1S/C63H68F2N10O8/c1-38(66-3)60(80)72-52(62(82)74-28-6-8-54(74)44-32-46(36-68-34-44)58(78)42-16-20-48(64)21-17-42)30-40-12-24-50(25-13-40)70-56(76)10-5-11-57(77)71-51-26-14-41(15-27-51)31-53(73-61(81)39(2)67-4)63(83)75-29-7-9-55(75)45-33-47(37-69-35-45)59(79)43-18-22-49(65)23-19-43/h12-27,32-39,52-55,66-67H,5-11,28-31H2,1-4H3,(H,70,76)(H,71,77)(H,72,80)(H,73,81)/t38-,39+,52-,53-,54-,55+/m1/s1. The number of hydrogen-bond donors (Lipinski definition) is 6. The number of carbonyl (C=O) groups is 8. The molecule has 6 amide bonds. The first-order valence-electron chi connectivity index (χ1n) is 27.8. The number of likely N-dealkylation sites (N-methyl/N-ethyl adjacent to an activating group) is 2. The van der Waals surface area contributed by atoms with Crippen molar-refractivity contribution in [2.24, 2.45) is 0 Å². The molecule has 2 fully saturated rings. The Labute approximate surface area is 480 Å². The summed E-state index contributed by atoms with van der Waals surface area (Å²) in [5.74, 6) is -3.52. The average Bonchev–Trinajstić information content (AvgIpc) is 4.41. The monoisotopic (exact) mass is 1130 g/mol. The molecule has 2 saturated heterocycles. The lowest BCUT2D eigenvalue weighted by Gasteiger charge is -2.30. The van der Waals surface area contributed by atoms with E-state index < -0.39 is 47.9 Å². The molecule has 4 heterocycles. The predicted octanol–water partition coefficient (Wildman–Crippen LogP) is 6.96. The van der Waals surface area contributed by atoms with E-state index in [9.17, 15) is 47.1 Å². The van der Waals surface area contributed by atoms with Crippen molar-refractivity contribution in [1.82, 2.24) is 41.0 Å². The molecule has 0 radical (unpaired) electrons. The second-order valence-electron chi connectivity index (χ2n) is 21.0. The lowest BCUT2D eigenvalue weighted by molar-refractivity contribution is -0.137. The van der Waals surface area contributed by atoms with Crippen LogP contribution in [0.15, 0.2) is 134 Å². The van der Waals surface area contributed by atoms with Gasteiger partial charge in [-0.25, -0.2) is 8.78 Å². The number of amides is 6. The zero-order chi connectivity index (χ0) is 59.2. The maximum absolute atomic E-state index is 14.4. The molecule has 0 bridgehead atoms. The predicted molar refractivity (Wildman–Crippen MR) is 308 cm³/mol. The molecule has 2 aliphatic rings. The van der Waals surface area contributed by atoms with Crippen molar-refractivity contribution in [1.29, 1.82) is 0 Å². The summed E-state index contributed by atoms with van der Waals surface area (Å²) < 4.78 is 27.2. The summed E-state index contributed by atoms with van der Waals surface area (Å²) >= 11 is 0. The van der Waals surface area contributed by atoms with Gasteiger partial charge in [0.25, 0.3) is 0 Å². The van der Waals surface area contributed by atoms with E-state index in [1.54, 1.807) is 111 Å². The molecule has 20 heteroatoms. The summed E-state index contributed by atoms with van der Waals surface area (Å²) in [5, 5.41) is 17.4. The number of benzene rings is 4. The van der Waals surface area contributed by atoms with Gasteiger partial charge in [-0.3, -0.25) is 48.3 Å². The molecule has 83 heavy (non-hydrogen) atoms. The summed E-state index contributed by atoms with van der Waals surface area (Å²) in [7, 11) is 3.29. The molecule has 0 saturated carbocycles. The van der Waals surface area contributed by atoms with Crippen molar-refractivity contribution >= 4 is 58.4 Å². The number of anilines is 2. The van der Waals surface area contributed by atoms with Crippen LogP contribution in [0.2, 0.25) is 0 Å². The van der Waals surface area contributed by atoms with Crippen molar-refractivity contribution in [2.45, 2.75) is 108 Å². The lowest BCUT2D eigenvalue weighted by atomic mass is 9.99. The molecule has 8 rings (SSSR count). The second kappa shape index (κ2) is 28.2. The third-order valence-electron chi connectivity index (χ3n) is 15.1. The van der Waals surface area contributed by atoms with Crippen LogP contribution in [0.25, 0.3) is 0 Å². The number of carbonyl (C=O) groups excluding carboxylic acids is 8. The topological polar surface area (TPSA) is 241 Å². The molecular weight excluding hydrogens is 1060 g/mol. The quantitative estimate of drug-likeness (QED) is 0.0337. The van der Waals surface area contributed by atoms with Gasteiger partial charge in [0.15, 0.2) is 11.6 Å². The number of likely N-dealkylation sites (tertiary alicyclic amines) is 2. The lowest BCUT2D eigenvalue weighted by Crippen LogP contribution is -2.53. The van der Waals surface area contributed by atoms with Crippen LogP contribution < -0.4 is 31.9 Å². The SMILES string of the molecule is CN[C@@H](C)C(=O)N[C@H](Cc1ccc(NC(=O)CCCC(=O)Nc2ccc(C[C@@H](NC(=O)[C@@H](C)NC)C(=O)N3CCC[C@@H]3c3cncc(C(=O)c4ccc(F)cc4)c3)cc2)cc1)C(=O)N1CCC[C@H]1c1cncc(C(=O)c2ccc(F)cc2)c1. The van der Waals surface area contributed by atoms with E-state index in [-0.39, 0.29) is 79.1 Å². The van der Waals surface area contributed by atoms with Crippen LogP contribution in [0.1, 0.15) is 125 Å². The van der Waals surface area contributed by atoms with Crippen LogP contribution >= 0.6 is 0 Å². The van der Waals surface area contributed by atoms with Gasteiger partial charge in [0, 0.05) is 97.2 Å². The van der Waals surface area contributed by atoms with Crippen LogP contribution in [0, 0.1) is 11.6 Å². The van der Waals surface area contributed by atoms with Gasteiger partial charge < -0.3 is 41.7 Å². The van der Waals surface area contributed by atoms with Gasteiger partial charge in [0.05, 0.1) is 24.2 Å². The van der Waals surface area contributed by atoms with Crippen molar-refractivity contribution < 1.29 is 47.1 Å². The highest BCUT2D eigenvalue weighted by Gasteiger charge is 2.38. The summed E-state index contributed by atoms with van der Waals surface area (Å²) in [4.78, 5) is 120. The van der Waals surface area contributed by atoms with Crippen LogP contribution in [0.5, 0.6) is 0 Å². The number of ketones is 2. The largest absolute Gasteiger partial charge is 0.343 e. The molecule has 18 nitrogen and oxygen atoms in total. The summed E-state index contributed by atoms with van der Waals surface area (Å²) in [6.07, 6.45) is 9.39. The van der Waals surface area contributed by atoms with Crippen molar-refractivity contribution in [3.8, 4) is 0 Å². The normalized spacial score (nSPS) is 16.3. The highest BCUT2D eigenvalue weighted by atomic mass is 19.1. The smallest absolute Gasteiger partial charge is 0.246 e. The molecule has 0 spiro atoms. The van der Waals surface area contributed by atoms with Crippen molar-refractivity contribution in [3.05, 3.63) is 190 Å². The Kier molecular flexibility index (Phi) is 20.5. The van der Waals surface area contributed by atoms with E-state index in [0.29, 0.717) is 83.5 Å². The Morgan fingerprint density at radius 3 is 1.25 bits per heavy atom. The second-order valence-corrected chi connectivity index (χ2v) is 21.0. The van der Waals surface area contributed by atoms with E-state index in [0.717, 1.165) is 11.1 Å². The fourth-order valence-corrected chi connectivity index (χ4v) is 10.3. The highest BCUT2D eigenvalue weighted by molar-refractivity contribution is 6.09. The third-order valence-corrected chi connectivity index (χ3v) is 15.1. The first-order valence-corrected chi connectivity index (χ1v) is 27.8. The molecule has 6 N–H and O–H groups in total. The molecule has 6 aromatic rings. The van der Waals surface area contributed by atoms with E-state index >= 15 is 0 Å². The number of hydrogen-bond acceptors (Lipinski definition) is 12. The van der Waals surface area contributed by atoms with Gasteiger partial charge >= 0.3 is 0 Å². The molecule has 2 aliphatic heterocycles. The van der Waals surface area contributed by atoms with E-state index in [2.05, 4.69) is 41.9 Å². The maximum atomic E-state index is 14.4. The minimum absolute atomic E-state index is 0.0530. The molecule has 6 atom stereocenters. The first kappa shape index (κ1) is 60.2. The highest BCUT2D eigenvalue weighted by Crippen LogP contribution is 2.35. The van der Waals surface area contributed by atoms with E-state index in [1.165, 1.54) is 60.9 Å². The Hall–Kier alpha value is -8.88. The van der Waals surface area contributed by atoms with Crippen LogP contribution in [-0.2, 0) is 41.6 Å². The Balaban J connectivity index is 0.829. The fraction of sp³-hybridized carbons (Fsp3) is 0.333. The van der Waals surface area contributed by atoms with E-state index in [1.807, 2.05) is 0 Å². The van der Waals surface area contributed by atoms with Gasteiger partial charge in [-0.1, -0.05) is 24.3 Å². The summed E-state index contributed by atoms with van der Waals surface area (Å²) in [5.41, 5.74) is 5.00.